The Morgan fingerprint density at radius 1 is 1.07 bits per heavy atom. The Kier molecular flexibility index (Phi) is 6.13. The molecule has 1 aliphatic carbocycles. The van der Waals surface area contributed by atoms with Crippen LogP contribution in [0.15, 0.2) is 48.5 Å². The summed E-state index contributed by atoms with van der Waals surface area (Å²) in [4.78, 5) is 40.3. The van der Waals surface area contributed by atoms with Crippen molar-refractivity contribution in [3.05, 3.63) is 59.7 Å². The van der Waals surface area contributed by atoms with Crippen LogP contribution in [-0.2, 0) is 19.2 Å². The summed E-state index contributed by atoms with van der Waals surface area (Å²) in [7, 11) is 2.60. The zero-order chi connectivity index (χ0) is 21.0. The van der Waals surface area contributed by atoms with Crippen LogP contribution in [0.1, 0.15) is 23.5 Å². The molecule has 0 bridgehead atoms. The number of rotatable bonds is 7. The molecule has 29 heavy (non-hydrogen) atoms. The van der Waals surface area contributed by atoms with E-state index in [4.69, 9.17) is 14.7 Å². The highest BCUT2D eigenvalue weighted by molar-refractivity contribution is 5.88. The molecule has 8 heteroatoms. The number of carbonyl (C=O) groups is 3. The van der Waals surface area contributed by atoms with E-state index in [2.05, 4.69) is 5.32 Å². The largest absolute Gasteiger partial charge is 0.481 e. The van der Waals surface area contributed by atoms with Crippen LogP contribution in [0, 0.1) is 0 Å². The van der Waals surface area contributed by atoms with Gasteiger partial charge in [0.05, 0.1) is 13.5 Å². The summed E-state index contributed by atoms with van der Waals surface area (Å²) in [5.74, 6) is -2.06. The highest BCUT2D eigenvalue weighted by Gasteiger charge is 2.31. The van der Waals surface area contributed by atoms with E-state index in [1.165, 1.54) is 14.2 Å². The number of hydrogen-bond donors (Lipinski definition) is 2. The normalized spacial score (nSPS) is 13.2. The van der Waals surface area contributed by atoms with Crippen molar-refractivity contribution in [2.24, 2.45) is 0 Å². The first-order valence-electron chi connectivity index (χ1n) is 9.07. The quantitative estimate of drug-likeness (QED) is 0.694. The van der Waals surface area contributed by atoms with Crippen LogP contribution < -0.4 is 5.32 Å². The summed E-state index contributed by atoms with van der Waals surface area (Å²) in [6, 6.07) is 14.5. The molecule has 0 aromatic heterocycles. The summed E-state index contributed by atoms with van der Waals surface area (Å²) in [5, 5.41) is 12.2. The maximum absolute atomic E-state index is 12.3. The van der Waals surface area contributed by atoms with E-state index in [1.54, 1.807) is 0 Å². The molecule has 2 amide bonds. The van der Waals surface area contributed by atoms with Crippen molar-refractivity contribution in [2.45, 2.75) is 18.4 Å². The molecule has 152 valence electrons. The fourth-order valence-electron chi connectivity index (χ4n) is 3.47. The zero-order valence-electron chi connectivity index (χ0n) is 16.1. The summed E-state index contributed by atoms with van der Waals surface area (Å²) in [6.07, 6.45) is -1.45. The molecular weight excluding hydrogens is 376 g/mol. The zero-order valence-corrected chi connectivity index (χ0v) is 16.1. The molecule has 0 saturated carbocycles. The highest BCUT2D eigenvalue weighted by atomic mass is 16.7. The molecule has 0 spiro atoms. The van der Waals surface area contributed by atoms with Gasteiger partial charge in [-0.05, 0) is 22.3 Å². The molecule has 2 aromatic carbocycles. The van der Waals surface area contributed by atoms with Crippen LogP contribution >= 0.6 is 0 Å². The Labute approximate surface area is 168 Å². The van der Waals surface area contributed by atoms with Gasteiger partial charge in [0, 0.05) is 13.0 Å². The van der Waals surface area contributed by atoms with Gasteiger partial charge in [-0.25, -0.2) is 9.86 Å². The first-order chi connectivity index (χ1) is 13.9. The number of amides is 2. The fraction of sp³-hybridized carbons (Fsp3) is 0.286. The van der Waals surface area contributed by atoms with Gasteiger partial charge in [0.2, 0.25) is 0 Å². The molecule has 3 rings (SSSR count). The van der Waals surface area contributed by atoms with Crippen molar-refractivity contribution in [3.8, 4) is 11.1 Å². The van der Waals surface area contributed by atoms with Crippen LogP contribution in [0.4, 0.5) is 4.79 Å². The molecular formula is C21H22N2O6. The molecule has 2 N–H and O–H groups in total. The van der Waals surface area contributed by atoms with Crippen LogP contribution in [0.5, 0.6) is 0 Å². The van der Waals surface area contributed by atoms with Gasteiger partial charge in [0.1, 0.15) is 12.6 Å². The van der Waals surface area contributed by atoms with Crippen LogP contribution in [0.2, 0.25) is 0 Å². The Hall–Kier alpha value is -3.39. The average Bonchev–Trinajstić information content (AvgIpc) is 3.04. The third kappa shape index (κ3) is 4.38. The molecule has 0 heterocycles. The van der Waals surface area contributed by atoms with Crippen molar-refractivity contribution in [1.82, 2.24) is 10.4 Å². The van der Waals surface area contributed by atoms with Crippen molar-refractivity contribution in [1.29, 1.82) is 0 Å². The SMILES string of the molecule is CON(C)C(=O)[C@H](CC(=O)O)NC(=O)OCC1c2ccccc2-c2ccccc21. The van der Waals surface area contributed by atoms with Gasteiger partial charge in [-0.2, -0.15) is 0 Å². The van der Waals surface area contributed by atoms with Crippen molar-refractivity contribution < 1.29 is 29.1 Å². The van der Waals surface area contributed by atoms with Gasteiger partial charge in [0.25, 0.3) is 5.91 Å². The smallest absolute Gasteiger partial charge is 0.407 e. The van der Waals surface area contributed by atoms with Gasteiger partial charge in [-0.15, -0.1) is 0 Å². The number of nitrogens with zero attached hydrogens (tertiary/aromatic N) is 1. The van der Waals surface area contributed by atoms with E-state index >= 15 is 0 Å². The molecule has 0 unspecified atom stereocenters. The Balaban J connectivity index is 1.70. The van der Waals surface area contributed by atoms with E-state index in [1.807, 2.05) is 48.5 Å². The van der Waals surface area contributed by atoms with Crippen LogP contribution in [0.3, 0.4) is 0 Å². The molecule has 0 radical (unpaired) electrons. The summed E-state index contributed by atoms with van der Waals surface area (Å²) < 4.78 is 5.36. The average molecular weight is 398 g/mol. The molecule has 8 nitrogen and oxygen atoms in total. The number of aliphatic carboxylic acids is 1. The fourth-order valence-corrected chi connectivity index (χ4v) is 3.47. The topological polar surface area (TPSA) is 105 Å². The van der Waals surface area contributed by atoms with E-state index in [9.17, 15) is 14.4 Å². The van der Waals surface area contributed by atoms with Crippen molar-refractivity contribution in [3.63, 3.8) is 0 Å². The van der Waals surface area contributed by atoms with Gasteiger partial charge >= 0.3 is 12.1 Å². The van der Waals surface area contributed by atoms with Crippen molar-refractivity contribution in [2.75, 3.05) is 20.8 Å². The lowest BCUT2D eigenvalue weighted by atomic mass is 9.98. The van der Waals surface area contributed by atoms with Crippen LogP contribution in [-0.4, -0.2) is 54.9 Å². The predicted octanol–water partition coefficient (Wildman–Crippen LogP) is 2.39. The molecule has 0 aliphatic heterocycles. The van der Waals surface area contributed by atoms with Crippen molar-refractivity contribution >= 4 is 18.0 Å². The lowest BCUT2D eigenvalue weighted by Gasteiger charge is -2.22. The second-order valence-corrected chi connectivity index (χ2v) is 6.64. The summed E-state index contributed by atoms with van der Waals surface area (Å²) in [6.45, 7) is 0.0635. The summed E-state index contributed by atoms with van der Waals surface area (Å²) >= 11 is 0. The lowest BCUT2D eigenvalue weighted by Crippen LogP contribution is -2.48. The first kappa shape index (κ1) is 20.3. The minimum Gasteiger partial charge on any atom is -0.481 e. The van der Waals surface area contributed by atoms with Gasteiger partial charge in [-0.1, -0.05) is 48.5 Å². The molecule has 1 atom stereocenters. The maximum Gasteiger partial charge on any atom is 0.407 e. The second kappa shape index (κ2) is 8.74. The van der Waals surface area contributed by atoms with Gasteiger partial charge in [0.15, 0.2) is 0 Å². The molecule has 0 saturated heterocycles. The Morgan fingerprint density at radius 3 is 2.14 bits per heavy atom. The third-order valence-corrected chi connectivity index (χ3v) is 4.90. The minimum absolute atomic E-state index is 0.0635. The third-order valence-electron chi connectivity index (χ3n) is 4.90. The van der Waals surface area contributed by atoms with E-state index in [0.29, 0.717) is 0 Å². The standard InChI is InChI=1S/C21H22N2O6/c1-23(28-2)20(26)18(11-19(24)25)22-21(27)29-12-17-15-9-5-3-7-13(15)14-8-4-6-10-16(14)17/h3-10,17-18H,11-12H2,1-2H3,(H,22,27)(H,24,25)/t18-/m0/s1. The van der Waals surface area contributed by atoms with E-state index < -0.39 is 30.4 Å². The Bertz CT molecular complexity index is 883. The van der Waals surface area contributed by atoms with Gasteiger partial charge < -0.3 is 15.2 Å². The number of carbonyl (C=O) groups excluding carboxylic acids is 2. The second-order valence-electron chi connectivity index (χ2n) is 6.64. The Morgan fingerprint density at radius 2 is 1.62 bits per heavy atom. The molecule has 2 aromatic rings. The van der Waals surface area contributed by atoms with Gasteiger partial charge in [-0.3, -0.25) is 14.4 Å². The number of nitrogens with one attached hydrogen (secondary N) is 1. The summed E-state index contributed by atoms with van der Waals surface area (Å²) in [5.41, 5.74) is 4.30. The number of hydroxylamine groups is 2. The number of alkyl carbamates (subject to hydrolysis) is 1. The number of hydrogen-bond acceptors (Lipinski definition) is 5. The number of carboxylic acids is 1. The van der Waals surface area contributed by atoms with E-state index in [0.717, 1.165) is 27.3 Å². The van der Waals surface area contributed by atoms with E-state index in [-0.39, 0.29) is 12.5 Å². The highest BCUT2D eigenvalue weighted by Crippen LogP contribution is 2.44. The number of carboxylic acid groups (broad SMARTS) is 1. The number of ether oxygens (including phenoxy) is 1. The number of likely N-dealkylation sites (N-methyl/N-ethyl adjacent to an activating group) is 1. The lowest BCUT2D eigenvalue weighted by molar-refractivity contribution is -0.172. The predicted molar refractivity (Wildman–Crippen MR) is 104 cm³/mol. The number of fused-ring (bicyclic) bond motifs is 3. The maximum atomic E-state index is 12.3. The molecule has 1 aliphatic rings. The molecule has 0 fully saturated rings. The first-order valence-corrected chi connectivity index (χ1v) is 9.07. The monoisotopic (exact) mass is 398 g/mol. The minimum atomic E-state index is -1.30. The number of benzene rings is 2. The van der Waals surface area contributed by atoms with Crippen LogP contribution in [0.25, 0.3) is 11.1 Å².